The lowest BCUT2D eigenvalue weighted by Gasteiger charge is -2.23. The molecule has 35 heteroatoms. The molecule has 0 aromatic heterocycles. The summed E-state index contributed by atoms with van der Waals surface area (Å²) in [5.41, 5.74) is 17.4. The largest absolute Gasteiger partial charge is 0.445 e. The normalized spacial score (nSPS) is 10.9. The van der Waals surface area contributed by atoms with Crippen molar-refractivity contribution in [3.63, 3.8) is 0 Å². The van der Waals surface area contributed by atoms with Crippen molar-refractivity contribution in [3.8, 4) is 0 Å². The molecule has 0 bridgehead atoms. The molecule has 0 spiro atoms. The number of hydroxylamine groups is 2. The van der Waals surface area contributed by atoms with Gasteiger partial charge in [0.15, 0.2) is 0 Å². The van der Waals surface area contributed by atoms with Crippen molar-refractivity contribution in [2.45, 2.75) is 79.2 Å². The van der Waals surface area contributed by atoms with Crippen molar-refractivity contribution in [3.05, 3.63) is 144 Å². The Bertz CT molecular complexity index is 2840. The fourth-order valence-electron chi connectivity index (χ4n) is 8.13. The molecule has 0 aliphatic carbocycles. The molecule has 0 heterocycles. The average Bonchev–Trinajstić information content (AvgIpc) is 0.963. The highest BCUT2D eigenvalue weighted by Gasteiger charge is 2.19. The van der Waals surface area contributed by atoms with Gasteiger partial charge in [-0.1, -0.05) is 121 Å². The molecule has 0 fully saturated rings. The lowest BCUT2D eigenvalue weighted by Crippen LogP contribution is -2.40. The summed E-state index contributed by atoms with van der Waals surface area (Å²) >= 11 is 0. The zero-order chi connectivity index (χ0) is 79.5. The van der Waals surface area contributed by atoms with Gasteiger partial charge < -0.3 is 114 Å². The molecule has 0 aliphatic heterocycles. The quantitative estimate of drug-likeness (QED) is 0.0162. The zero-order valence-corrected chi connectivity index (χ0v) is 63.9. The van der Waals surface area contributed by atoms with E-state index in [-0.39, 0.29) is 130 Å². The van der Waals surface area contributed by atoms with Crippen LogP contribution in [0.5, 0.6) is 0 Å². The van der Waals surface area contributed by atoms with Crippen LogP contribution in [-0.4, -0.2) is 267 Å². The van der Waals surface area contributed by atoms with Crippen LogP contribution in [0, 0.1) is 0 Å². The summed E-state index contributed by atoms with van der Waals surface area (Å²) in [5, 5.41) is 13.7. The molecule has 0 unspecified atom stereocenters. The van der Waals surface area contributed by atoms with E-state index >= 15 is 0 Å². The van der Waals surface area contributed by atoms with Gasteiger partial charge >= 0.3 is 36.6 Å². The minimum absolute atomic E-state index is 0.000309. The first-order valence-electron chi connectivity index (χ1n) is 35.9. The molecule has 4 aromatic rings. The highest BCUT2D eigenvalue weighted by atomic mass is 16.7. The van der Waals surface area contributed by atoms with E-state index in [9.17, 15) is 38.4 Å². The molecule has 0 saturated heterocycles. The summed E-state index contributed by atoms with van der Waals surface area (Å²) in [6.45, 7) is 20.1. The number of nitrogens with one attached hydrogen (secondary N) is 7. The Morgan fingerprint density at radius 3 is 0.835 bits per heavy atom. The molecule has 0 radical (unpaired) electrons. The molecule has 4 rings (SSSR count). The number of nitrogens with zero attached hydrogens (tertiary/aromatic N) is 2. The highest BCUT2D eigenvalue weighted by molar-refractivity contribution is 5.78. The number of ether oxygens (including phenoxy) is 14. The number of benzene rings is 4. The number of nitrogens with two attached hydrogens (primary N) is 2. The van der Waals surface area contributed by atoms with Gasteiger partial charge in [0, 0.05) is 78.5 Å². The van der Waals surface area contributed by atoms with Crippen LogP contribution < -0.4 is 49.0 Å². The number of alkyl carbamates (subject to hydrolysis) is 4. The Morgan fingerprint density at radius 2 is 0.569 bits per heavy atom. The molecule has 0 atom stereocenters. The van der Waals surface area contributed by atoms with Crippen LogP contribution in [-0.2, 0) is 112 Å². The second kappa shape index (κ2) is 63.8. The minimum atomic E-state index is -0.733. The van der Waals surface area contributed by atoms with Crippen LogP contribution in [0.25, 0.3) is 0 Å². The van der Waals surface area contributed by atoms with Gasteiger partial charge in [-0.3, -0.25) is 19.3 Å². The van der Waals surface area contributed by atoms with E-state index in [4.69, 9.17) is 87.5 Å². The lowest BCUT2D eigenvalue weighted by molar-refractivity contribution is -0.139. The van der Waals surface area contributed by atoms with Crippen molar-refractivity contribution in [2.75, 3.05) is 197 Å². The van der Waals surface area contributed by atoms with Gasteiger partial charge in [-0.05, 0) is 63.8 Å². The van der Waals surface area contributed by atoms with E-state index in [1.54, 1.807) is 46.4 Å². The number of amides is 8. The predicted molar refractivity (Wildman–Crippen MR) is 400 cm³/mol. The summed E-state index contributed by atoms with van der Waals surface area (Å²) in [6, 6.07) is 37.7. The minimum Gasteiger partial charge on any atom is -0.445 e. The molecule has 35 nitrogen and oxygen atoms in total. The summed E-state index contributed by atoms with van der Waals surface area (Å²) < 4.78 is 74.0. The highest BCUT2D eigenvalue weighted by Crippen LogP contribution is 2.09. The van der Waals surface area contributed by atoms with Gasteiger partial charge in [0.2, 0.25) is 11.8 Å². The fraction of sp³-hybridized carbons (Fsp3) is 0.568. The Balaban J connectivity index is 0.000000581. The standard InChI is InChI=1S/C33H48N4O11.C24H33N3O6.C17H36N4O7/c1-33(2,3)48-32(41)36-47-23-22-44-26-29(38)37(16-20-42-18-14-34-30(39)45-24-27-10-6-4-7-11-27)17-21-43-19-15-35-31(40)46-25-28-12-8-5-9-13-28;28-23(32-19-21-7-3-1-4-8-21)26-13-17-30-15-11-25-12-16-31-18-14-27-24(29)33-20-22-9-5-2-6-10-22;1-17(2,3)28-16(23)20-27-13-12-26-14-15(22)21(6-10-24-8-4-18)7-11-25-9-5-19/h4-13H,14-26H2,1-3H3,(H,34,39)(H,35,40)(H,36,41);1-10,25H,11-20H2,(H,26,28)(H,27,29);4-14,18-19H2,1-3H3,(H,20,23). The van der Waals surface area contributed by atoms with E-state index in [1.165, 1.54) is 4.90 Å². The smallest absolute Gasteiger partial charge is 0.431 e. The van der Waals surface area contributed by atoms with Crippen LogP contribution >= 0.6 is 0 Å². The number of rotatable bonds is 54. The van der Waals surface area contributed by atoms with Crippen molar-refractivity contribution in [2.24, 2.45) is 11.5 Å². The Labute approximate surface area is 639 Å². The molecule has 0 saturated carbocycles. The van der Waals surface area contributed by atoms with Crippen LogP contribution in [0.4, 0.5) is 28.8 Å². The van der Waals surface area contributed by atoms with Crippen molar-refractivity contribution in [1.29, 1.82) is 0 Å². The third kappa shape index (κ3) is 59.5. The van der Waals surface area contributed by atoms with Gasteiger partial charge in [0.25, 0.3) is 0 Å². The summed E-state index contributed by atoms with van der Waals surface area (Å²) in [6.07, 6.45) is -3.46. The Kier molecular flexibility index (Phi) is 56.2. The van der Waals surface area contributed by atoms with Gasteiger partial charge in [0.05, 0.1) is 106 Å². The Morgan fingerprint density at radius 1 is 0.312 bits per heavy atom. The third-order valence-corrected chi connectivity index (χ3v) is 13.2. The second-order valence-corrected chi connectivity index (χ2v) is 24.7. The monoisotopic (exact) mass is 1540 g/mol. The van der Waals surface area contributed by atoms with Crippen molar-refractivity contribution in [1.82, 2.24) is 47.3 Å². The molecule has 612 valence electrons. The maximum Gasteiger partial charge on any atom is 0.431 e. The average molecular weight is 1540 g/mol. The first kappa shape index (κ1) is 96.0. The maximum absolute atomic E-state index is 12.8. The van der Waals surface area contributed by atoms with Crippen LogP contribution in [0.3, 0.4) is 0 Å². The summed E-state index contributed by atoms with van der Waals surface area (Å²) in [7, 11) is 0. The third-order valence-electron chi connectivity index (χ3n) is 13.2. The predicted octanol–water partition coefficient (Wildman–Crippen LogP) is 4.87. The zero-order valence-electron chi connectivity index (χ0n) is 63.9. The molecule has 0 aliphatic rings. The number of carbonyl (C=O) groups excluding carboxylic acids is 8. The van der Waals surface area contributed by atoms with Crippen molar-refractivity contribution >= 4 is 48.4 Å². The van der Waals surface area contributed by atoms with E-state index in [2.05, 4.69) is 37.5 Å². The second-order valence-electron chi connectivity index (χ2n) is 24.7. The van der Waals surface area contributed by atoms with Gasteiger partial charge in [-0.2, -0.15) is 11.0 Å². The molecule has 109 heavy (non-hydrogen) atoms. The molecular formula is C74H117N11O24. The van der Waals surface area contributed by atoms with E-state index < -0.39 is 47.8 Å². The van der Waals surface area contributed by atoms with E-state index in [0.29, 0.717) is 105 Å². The van der Waals surface area contributed by atoms with Crippen LogP contribution in [0.1, 0.15) is 63.8 Å². The molecule has 4 aromatic carbocycles. The molecule has 8 amide bonds. The summed E-state index contributed by atoms with van der Waals surface area (Å²) in [5.74, 6) is -0.514. The van der Waals surface area contributed by atoms with Crippen LogP contribution in [0.2, 0.25) is 0 Å². The topological polar surface area (TPSA) is 427 Å². The molecule has 11 N–H and O–H groups in total. The van der Waals surface area contributed by atoms with Gasteiger partial charge in [-0.15, -0.1) is 0 Å². The fourth-order valence-corrected chi connectivity index (χ4v) is 8.13. The number of hydrogen-bond donors (Lipinski definition) is 9. The number of carbonyl (C=O) groups is 8. The first-order chi connectivity index (χ1) is 52.7. The van der Waals surface area contributed by atoms with E-state index in [1.807, 2.05) is 121 Å². The van der Waals surface area contributed by atoms with E-state index in [0.717, 1.165) is 22.3 Å². The SMILES string of the molecule is CC(C)(C)OC(=O)NOCCOCC(=O)N(CCOCCN)CCOCCN.CC(C)(C)OC(=O)NOCCOCC(=O)N(CCOCCNC(=O)OCc1ccccc1)CCOCCNC(=O)OCc1ccccc1.O=C(NCCOCCNCCOCCNC(=O)OCc1ccccc1)OCc1ccccc1. The first-order valence-corrected chi connectivity index (χ1v) is 35.9. The van der Waals surface area contributed by atoms with Gasteiger partial charge in [0.1, 0.15) is 50.8 Å². The summed E-state index contributed by atoms with van der Waals surface area (Å²) in [4.78, 5) is 108. The van der Waals surface area contributed by atoms with Gasteiger partial charge in [-0.25, -0.2) is 28.8 Å². The van der Waals surface area contributed by atoms with Crippen LogP contribution in [0.15, 0.2) is 121 Å². The Hall–Kier alpha value is -9.08. The number of hydrogen-bond acceptors (Lipinski definition) is 27. The lowest BCUT2D eigenvalue weighted by atomic mass is 10.2. The van der Waals surface area contributed by atoms with Crippen molar-refractivity contribution < 1.29 is 114 Å². The molecular weight excluding hydrogens is 1430 g/mol. The maximum atomic E-state index is 12.8.